The number of carbonyl (C=O) groups excluding carboxylic acids is 2. The predicted molar refractivity (Wildman–Crippen MR) is 144 cm³/mol. The molecule has 42 heavy (non-hydrogen) atoms. The summed E-state index contributed by atoms with van der Waals surface area (Å²) in [6.45, 7) is -0.365. The maximum atomic E-state index is 14.0. The topological polar surface area (TPSA) is 114 Å². The van der Waals surface area contributed by atoms with Gasteiger partial charge in [0, 0.05) is 55.4 Å². The molecule has 1 aromatic carbocycles. The highest BCUT2D eigenvalue weighted by Gasteiger charge is 2.36. The number of hydrogen-bond acceptors (Lipinski definition) is 6. The van der Waals surface area contributed by atoms with E-state index in [0.29, 0.717) is 11.4 Å². The van der Waals surface area contributed by atoms with Crippen LogP contribution in [-0.2, 0) is 17.5 Å². The van der Waals surface area contributed by atoms with Crippen molar-refractivity contribution in [2.45, 2.75) is 31.5 Å². The summed E-state index contributed by atoms with van der Waals surface area (Å²) in [7, 11) is 0. The van der Waals surface area contributed by atoms with E-state index in [4.69, 9.17) is 10.2 Å². The van der Waals surface area contributed by atoms with Crippen LogP contribution in [0.1, 0.15) is 40.1 Å². The maximum Gasteiger partial charge on any atom is 0.417 e. The van der Waals surface area contributed by atoms with Gasteiger partial charge in [0.15, 0.2) is 0 Å². The van der Waals surface area contributed by atoms with Crippen LogP contribution in [-0.4, -0.2) is 45.7 Å². The second-order valence-corrected chi connectivity index (χ2v) is 9.79. The van der Waals surface area contributed by atoms with Crippen LogP contribution < -0.4 is 11.1 Å². The first-order valence-electron chi connectivity index (χ1n) is 12.8. The highest BCUT2D eigenvalue weighted by molar-refractivity contribution is 5.94. The third kappa shape index (κ3) is 6.56. The first-order valence-corrected chi connectivity index (χ1v) is 12.8. The zero-order valence-electron chi connectivity index (χ0n) is 21.9. The molecule has 2 amide bonds. The molecule has 1 aliphatic heterocycles. The SMILES string of the molecule is Nc1ccc(C=CC(=O)NCc2cc3c(C(F)(F)F)cc(-c4ccc(C(=O)N5CCC(F)(F)CC5)cn4)cc3o2)cn1. The van der Waals surface area contributed by atoms with E-state index in [1.807, 2.05) is 0 Å². The second-order valence-electron chi connectivity index (χ2n) is 9.79. The smallest absolute Gasteiger partial charge is 0.417 e. The van der Waals surface area contributed by atoms with E-state index in [2.05, 4.69) is 15.3 Å². The largest absolute Gasteiger partial charge is 0.459 e. The Kier molecular flexibility index (Phi) is 7.67. The van der Waals surface area contributed by atoms with Crippen LogP contribution >= 0.6 is 0 Å². The summed E-state index contributed by atoms with van der Waals surface area (Å²) in [6, 6.07) is 9.56. The number of rotatable bonds is 6. The predicted octanol–water partition coefficient (Wildman–Crippen LogP) is 5.69. The lowest BCUT2D eigenvalue weighted by molar-refractivity contribution is -0.136. The van der Waals surface area contributed by atoms with Crippen molar-refractivity contribution >= 4 is 34.7 Å². The van der Waals surface area contributed by atoms with Crippen LogP contribution in [0.25, 0.3) is 28.3 Å². The van der Waals surface area contributed by atoms with Crippen LogP contribution in [0, 0.1) is 0 Å². The summed E-state index contributed by atoms with van der Waals surface area (Å²) >= 11 is 0. The van der Waals surface area contributed by atoms with E-state index < -0.39 is 42.3 Å². The molecule has 3 N–H and O–H groups in total. The minimum absolute atomic E-state index is 0.0660. The molecule has 1 saturated heterocycles. The molecule has 0 unspecified atom stereocenters. The van der Waals surface area contributed by atoms with Crippen LogP contribution in [0.5, 0.6) is 0 Å². The third-order valence-corrected chi connectivity index (χ3v) is 6.76. The zero-order chi connectivity index (χ0) is 30.1. The molecule has 3 aromatic heterocycles. The highest BCUT2D eigenvalue weighted by Crippen LogP contribution is 2.39. The van der Waals surface area contributed by atoms with Crippen LogP contribution in [0.15, 0.2) is 65.4 Å². The van der Waals surface area contributed by atoms with Crippen molar-refractivity contribution in [2.75, 3.05) is 18.8 Å². The Labute approximate surface area is 236 Å². The number of hydrogen-bond donors (Lipinski definition) is 2. The number of piperidine rings is 1. The van der Waals surface area contributed by atoms with Crippen molar-refractivity contribution < 1.29 is 36.0 Å². The number of nitrogens with zero attached hydrogens (tertiary/aromatic N) is 3. The number of furan rings is 1. The van der Waals surface area contributed by atoms with Crippen molar-refractivity contribution in [1.82, 2.24) is 20.2 Å². The van der Waals surface area contributed by atoms with E-state index in [1.54, 1.807) is 12.1 Å². The van der Waals surface area contributed by atoms with Gasteiger partial charge in [-0.1, -0.05) is 0 Å². The summed E-state index contributed by atoms with van der Waals surface area (Å²) in [5.74, 6) is -3.35. The number of carbonyl (C=O) groups is 2. The molecule has 0 aliphatic carbocycles. The molecule has 0 radical (unpaired) electrons. The molecular formula is C29H24F5N5O3. The number of nitrogen functional groups attached to an aromatic ring is 1. The van der Waals surface area contributed by atoms with Gasteiger partial charge < -0.3 is 20.4 Å². The number of halogens is 5. The number of nitrogens with two attached hydrogens (primary N) is 1. The van der Waals surface area contributed by atoms with Gasteiger partial charge >= 0.3 is 6.18 Å². The Bertz CT molecular complexity index is 1640. The van der Waals surface area contributed by atoms with Gasteiger partial charge in [-0.05, 0) is 54.1 Å². The molecule has 0 bridgehead atoms. The quantitative estimate of drug-likeness (QED) is 0.222. The highest BCUT2D eigenvalue weighted by atomic mass is 19.4. The number of anilines is 1. The molecule has 0 saturated carbocycles. The minimum atomic E-state index is -4.72. The molecule has 5 rings (SSSR count). The summed E-state index contributed by atoms with van der Waals surface area (Å²) < 4.78 is 74.5. The van der Waals surface area contributed by atoms with E-state index >= 15 is 0 Å². The van der Waals surface area contributed by atoms with Crippen LogP contribution in [0.2, 0.25) is 0 Å². The van der Waals surface area contributed by atoms with E-state index in [0.717, 1.165) is 6.07 Å². The fourth-order valence-electron chi connectivity index (χ4n) is 4.49. The van der Waals surface area contributed by atoms with Crippen molar-refractivity contribution in [1.29, 1.82) is 0 Å². The fraction of sp³-hybridized carbons (Fsp3) is 0.241. The standard InChI is InChI=1S/C29H24F5N5O3/c30-28(31)7-9-39(10-8-28)27(41)18-3-4-23(36-15-18)19-11-22(29(32,33)34)21-13-20(42-24(21)12-19)16-38-26(40)6-2-17-1-5-25(35)37-14-17/h1-6,11-15H,7-10,16H2,(H2,35,37)(H,38,40). The van der Waals surface area contributed by atoms with E-state index in [-0.39, 0.29) is 53.2 Å². The number of alkyl halides is 5. The number of aromatic nitrogens is 2. The van der Waals surface area contributed by atoms with Crippen molar-refractivity contribution in [3.05, 3.63) is 83.4 Å². The number of fused-ring (bicyclic) bond motifs is 1. The van der Waals surface area contributed by atoms with Crippen LogP contribution in [0.4, 0.5) is 27.8 Å². The van der Waals surface area contributed by atoms with Gasteiger partial charge in [-0.2, -0.15) is 13.2 Å². The number of likely N-dealkylation sites (tertiary alicyclic amines) is 1. The summed E-state index contributed by atoms with van der Waals surface area (Å²) in [5.41, 5.74) is 5.52. The monoisotopic (exact) mass is 585 g/mol. The first-order chi connectivity index (χ1) is 19.9. The van der Waals surface area contributed by atoms with Gasteiger partial charge in [-0.15, -0.1) is 0 Å². The molecule has 218 valence electrons. The van der Waals surface area contributed by atoms with Crippen molar-refractivity contribution in [2.24, 2.45) is 0 Å². The Balaban J connectivity index is 1.33. The van der Waals surface area contributed by atoms with Gasteiger partial charge in [0.1, 0.15) is 17.2 Å². The Hall–Kier alpha value is -4.81. The number of pyridine rings is 2. The molecule has 4 aromatic rings. The second kappa shape index (κ2) is 11.2. The van der Waals surface area contributed by atoms with Gasteiger partial charge in [0.2, 0.25) is 5.91 Å². The Morgan fingerprint density at radius 3 is 2.45 bits per heavy atom. The van der Waals surface area contributed by atoms with Gasteiger partial charge in [-0.3, -0.25) is 14.6 Å². The fourth-order valence-corrected chi connectivity index (χ4v) is 4.49. The van der Waals surface area contributed by atoms with Crippen LogP contribution in [0.3, 0.4) is 0 Å². The molecule has 1 aliphatic rings. The third-order valence-electron chi connectivity index (χ3n) is 6.76. The van der Waals surface area contributed by atoms with E-state index in [9.17, 15) is 31.5 Å². The number of amides is 2. The lowest BCUT2D eigenvalue weighted by atomic mass is 10.0. The molecule has 0 spiro atoms. The summed E-state index contributed by atoms with van der Waals surface area (Å²) in [6.07, 6.45) is -0.150. The Morgan fingerprint density at radius 2 is 1.81 bits per heavy atom. The molecule has 13 heteroatoms. The molecule has 1 fully saturated rings. The van der Waals surface area contributed by atoms with Gasteiger partial charge in [-0.25, -0.2) is 13.8 Å². The lowest BCUT2D eigenvalue weighted by Crippen LogP contribution is -2.42. The van der Waals surface area contributed by atoms with E-state index in [1.165, 1.54) is 53.7 Å². The van der Waals surface area contributed by atoms with Gasteiger partial charge in [0.25, 0.3) is 11.8 Å². The Morgan fingerprint density at radius 1 is 1.05 bits per heavy atom. The summed E-state index contributed by atoms with van der Waals surface area (Å²) in [4.78, 5) is 34.3. The van der Waals surface area contributed by atoms with Gasteiger partial charge in [0.05, 0.1) is 23.4 Å². The normalized spacial score (nSPS) is 15.3. The molecular weight excluding hydrogens is 561 g/mol. The average molecular weight is 586 g/mol. The van der Waals surface area contributed by atoms with Crippen molar-refractivity contribution in [3.63, 3.8) is 0 Å². The maximum absolute atomic E-state index is 14.0. The molecule has 0 atom stereocenters. The lowest BCUT2D eigenvalue weighted by Gasteiger charge is -2.31. The average Bonchev–Trinajstić information content (AvgIpc) is 3.37. The summed E-state index contributed by atoms with van der Waals surface area (Å²) in [5, 5.41) is 2.37. The molecule has 8 nitrogen and oxygen atoms in total. The number of nitrogens with one attached hydrogen (secondary N) is 1. The first kappa shape index (κ1) is 28.7. The number of benzene rings is 1. The van der Waals surface area contributed by atoms with Crippen molar-refractivity contribution in [3.8, 4) is 11.3 Å². The molecule has 4 heterocycles. The zero-order valence-corrected chi connectivity index (χ0v) is 21.9. The minimum Gasteiger partial charge on any atom is -0.459 e.